The van der Waals surface area contributed by atoms with Gasteiger partial charge in [0.05, 0.1) is 6.61 Å². The van der Waals surface area contributed by atoms with E-state index in [1.807, 2.05) is 0 Å². The Morgan fingerprint density at radius 2 is 2.00 bits per heavy atom. The molecule has 0 heterocycles. The molecule has 0 saturated heterocycles. The third-order valence-electron chi connectivity index (χ3n) is 3.31. The van der Waals surface area contributed by atoms with E-state index < -0.39 is 0 Å². The van der Waals surface area contributed by atoms with Gasteiger partial charge in [-0.3, -0.25) is 0 Å². The third kappa shape index (κ3) is 3.27. The quantitative estimate of drug-likeness (QED) is 0.636. The van der Waals surface area contributed by atoms with Crippen LogP contribution < -0.4 is 4.74 Å². The molecule has 0 spiro atoms. The second-order valence-electron chi connectivity index (χ2n) is 4.44. The summed E-state index contributed by atoms with van der Waals surface area (Å²) in [4.78, 5) is 0. The van der Waals surface area contributed by atoms with E-state index in [-0.39, 0.29) is 0 Å². The number of rotatable bonds is 7. The van der Waals surface area contributed by atoms with Crippen molar-refractivity contribution in [2.24, 2.45) is 5.92 Å². The molecule has 2 rings (SSSR count). The molecule has 0 bridgehead atoms. The van der Waals surface area contributed by atoms with Crippen molar-refractivity contribution in [3.8, 4) is 29.7 Å². The van der Waals surface area contributed by atoms with Crippen LogP contribution in [0.3, 0.4) is 0 Å². The first-order chi connectivity index (χ1) is 8.35. The van der Waals surface area contributed by atoms with Crippen molar-refractivity contribution in [3.63, 3.8) is 0 Å². The van der Waals surface area contributed by atoms with Gasteiger partial charge in [0.25, 0.3) is 0 Å². The van der Waals surface area contributed by atoms with E-state index in [1.54, 1.807) is 0 Å². The lowest BCUT2D eigenvalue weighted by molar-refractivity contribution is 0.232. The number of hydrogen-bond acceptors (Lipinski definition) is 1. The molecule has 0 radical (unpaired) electrons. The first-order valence-corrected chi connectivity index (χ1v) is 6.45. The van der Waals surface area contributed by atoms with Gasteiger partial charge in [0, 0.05) is 5.56 Å². The van der Waals surface area contributed by atoms with Gasteiger partial charge in [-0.1, -0.05) is 45.2 Å². The summed E-state index contributed by atoms with van der Waals surface area (Å²) in [6.07, 6.45) is 13.2. The molecule has 0 aliphatic heterocycles. The van der Waals surface area contributed by atoms with Gasteiger partial charge in [-0.15, -0.1) is 12.8 Å². The summed E-state index contributed by atoms with van der Waals surface area (Å²) in [6, 6.07) is 6.41. The van der Waals surface area contributed by atoms with Crippen LogP contribution in [0.25, 0.3) is 11.1 Å². The Morgan fingerprint density at radius 3 is 2.41 bits per heavy atom. The van der Waals surface area contributed by atoms with E-state index in [0.29, 0.717) is 0 Å². The maximum Gasteiger partial charge on any atom is 0.127 e. The van der Waals surface area contributed by atoms with Crippen molar-refractivity contribution in [1.82, 2.24) is 0 Å². The summed E-state index contributed by atoms with van der Waals surface area (Å²) in [6.45, 7) is 5.40. The lowest BCUT2D eigenvalue weighted by Gasteiger charge is -2.23. The summed E-state index contributed by atoms with van der Waals surface area (Å²) >= 11 is 0. The van der Waals surface area contributed by atoms with Crippen LogP contribution in [0.15, 0.2) is 18.2 Å². The largest absolute Gasteiger partial charge is 0.493 e. The predicted molar refractivity (Wildman–Crippen MR) is 74.1 cm³/mol. The minimum absolute atomic E-state index is 0.736. The Bertz CT molecular complexity index is 365. The lowest BCUT2D eigenvalue weighted by atomic mass is 9.92. The Kier molecular flexibility index (Phi) is 5.63. The minimum atomic E-state index is 0.736. The van der Waals surface area contributed by atoms with Crippen LogP contribution in [0.2, 0.25) is 0 Å². The average Bonchev–Trinajstić information content (AvgIpc) is 2.36. The van der Waals surface area contributed by atoms with E-state index >= 15 is 0 Å². The summed E-state index contributed by atoms with van der Waals surface area (Å²) < 4.78 is 5.81. The molecule has 17 heavy (non-hydrogen) atoms. The van der Waals surface area contributed by atoms with Gasteiger partial charge in [-0.05, 0) is 24.0 Å². The Morgan fingerprint density at radius 1 is 1.24 bits per heavy atom. The molecule has 0 amide bonds. The van der Waals surface area contributed by atoms with E-state index in [2.05, 4.69) is 44.9 Å². The molecule has 2 aliphatic carbocycles. The molecule has 0 aromatic heterocycles. The van der Waals surface area contributed by atoms with E-state index in [1.165, 1.54) is 36.8 Å². The second-order valence-corrected chi connectivity index (χ2v) is 4.44. The van der Waals surface area contributed by atoms with Gasteiger partial charge in [-0.2, -0.15) is 0 Å². The van der Waals surface area contributed by atoms with Crippen molar-refractivity contribution in [2.75, 3.05) is 6.61 Å². The molecule has 1 unspecified atom stereocenters. The van der Waals surface area contributed by atoms with Crippen molar-refractivity contribution < 1.29 is 4.74 Å². The minimum Gasteiger partial charge on any atom is -0.493 e. The van der Waals surface area contributed by atoms with Crippen LogP contribution in [-0.4, -0.2) is 6.61 Å². The van der Waals surface area contributed by atoms with Crippen molar-refractivity contribution in [1.29, 1.82) is 0 Å². The van der Waals surface area contributed by atoms with E-state index in [0.717, 1.165) is 18.3 Å². The number of fused-ring (bicyclic) bond motifs is 1. The van der Waals surface area contributed by atoms with Gasteiger partial charge in [0.2, 0.25) is 0 Å². The fourth-order valence-electron chi connectivity index (χ4n) is 1.98. The summed E-state index contributed by atoms with van der Waals surface area (Å²) in [7, 11) is 0. The van der Waals surface area contributed by atoms with Gasteiger partial charge < -0.3 is 4.74 Å². The number of hydrogen-bond donors (Lipinski definition) is 0. The third-order valence-corrected chi connectivity index (χ3v) is 3.31. The predicted octanol–water partition coefficient (Wildman–Crippen LogP) is 4.51. The Balaban J connectivity index is 0.000000686. The van der Waals surface area contributed by atoms with Crippen LogP contribution in [0, 0.1) is 18.8 Å². The van der Waals surface area contributed by atoms with Crippen molar-refractivity contribution in [2.45, 2.75) is 39.5 Å². The van der Waals surface area contributed by atoms with Crippen LogP contribution in [0.4, 0.5) is 0 Å². The molecule has 1 nitrogen and oxygen atoms in total. The maximum atomic E-state index is 5.81. The highest BCUT2D eigenvalue weighted by Crippen LogP contribution is 2.43. The summed E-state index contributed by atoms with van der Waals surface area (Å²) in [5, 5.41) is 0. The molecule has 1 atom stereocenters. The SMILES string of the molecule is C#C.CCCCC(CC)COc1cc2ccc1-2. The fourth-order valence-corrected chi connectivity index (χ4v) is 1.98. The zero-order chi connectivity index (χ0) is 12.7. The molecule has 1 heteroatoms. The van der Waals surface area contributed by atoms with Gasteiger partial charge in [0.1, 0.15) is 5.75 Å². The first kappa shape index (κ1) is 13.6. The Labute approximate surface area is 105 Å². The number of unbranched alkanes of at least 4 members (excludes halogenated alkanes) is 1. The Hall–Kier alpha value is -1.42. The molecule has 2 aliphatic rings. The molecule has 0 aromatic carbocycles. The van der Waals surface area contributed by atoms with Crippen LogP contribution in [0.5, 0.6) is 5.75 Å². The standard InChI is InChI=1S/C14H20O.C2H2/c1-3-5-6-11(4-2)10-15-14-9-12-7-8-13(12)14;1-2/h7-9,11H,3-6,10H2,1-2H3;1-2H. The molecule has 0 fully saturated rings. The normalized spacial score (nSPS) is 12.2. The summed E-state index contributed by atoms with van der Waals surface area (Å²) in [5.74, 6) is 1.85. The average molecular weight is 230 g/mol. The van der Waals surface area contributed by atoms with Gasteiger partial charge in [-0.25, -0.2) is 0 Å². The number of terminal acetylenes is 1. The zero-order valence-electron chi connectivity index (χ0n) is 10.9. The van der Waals surface area contributed by atoms with Gasteiger partial charge >= 0.3 is 0 Å². The smallest absolute Gasteiger partial charge is 0.127 e. The van der Waals surface area contributed by atoms with Crippen LogP contribution in [0.1, 0.15) is 39.5 Å². The van der Waals surface area contributed by atoms with E-state index in [4.69, 9.17) is 4.74 Å². The van der Waals surface area contributed by atoms with Gasteiger partial charge in [0.15, 0.2) is 0 Å². The van der Waals surface area contributed by atoms with E-state index in [9.17, 15) is 0 Å². The molecular formula is C16H22O. The fraction of sp³-hybridized carbons (Fsp3) is 0.500. The lowest BCUT2D eigenvalue weighted by Crippen LogP contribution is -2.13. The monoisotopic (exact) mass is 230 g/mol. The maximum absolute atomic E-state index is 5.81. The summed E-state index contributed by atoms with van der Waals surface area (Å²) in [5.41, 5.74) is 2.70. The second kappa shape index (κ2) is 7.01. The molecular weight excluding hydrogens is 208 g/mol. The van der Waals surface area contributed by atoms with Crippen molar-refractivity contribution >= 4 is 0 Å². The van der Waals surface area contributed by atoms with Crippen LogP contribution in [-0.2, 0) is 0 Å². The van der Waals surface area contributed by atoms with Crippen LogP contribution >= 0.6 is 0 Å². The highest BCUT2D eigenvalue weighted by molar-refractivity contribution is 5.84. The molecule has 0 saturated carbocycles. The highest BCUT2D eigenvalue weighted by Gasteiger charge is 2.18. The molecule has 0 N–H and O–H groups in total. The first-order valence-electron chi connectivity index (χ1n) is 6.45. The number of benzene rings is 1. The zero-order valence-corrected chi connectivity index (χ0v) is 10.9. The molecule has 0 aromatic rings. The highest BCUT2D eigenvalue weighted by atomic mass is 16.5. The van der Waals surface area contributed by atoms with Crippen molar-refractivity contribution in [3.05, 3.63) is 18.2 Å². The topological polar surface area (TPSA) is 9.23 Å². The molecule has 92 valence electrons. The number of ether oxygens (including phenoxy) is 1.